The Bertz CT molecular complexity index is 2860. The van der Waals surface area contributed by atoms with Crippen LogP contribution in [0.4, 0.5) is 0 Å². The van der Waals surface area contributed by atoms with E-state index in [1.807, 2.05) is 97.1 Å². The summed E-state index contributed by atoms with van der Waals surface area (Å²) >= 11 is 0. The summed E-state index contributed by atoms with van der Waals surface area (Å²) in [6.07, 6.45) is 0. The van der Waals surface area contributed by atoms with Gasteiger partial charge >= 0.3 is 0 Å². The number of benzene rings is 7. The molecule has 0 amide bonds. The second kappa shape index (κ2) is 11.4. The minimum atomic E-state index is 0.469. The quantitative estimate of drug-likeness (QED) is 0.186. The Morgan fingerprint density at radius 3 is 1.70 bits per heavy atom. The van der Waals surface area contributed by atoms with Crippen molar-refractivity contribution >= 4 is 43.8 Å². The number of hydrogen-bond donors (Lipinski definition) is 0. The summed E-state index contributed by atoms with van der Waals surface area (Å²) in [5.41, 5.74) is 8.43. The Balaban J connectivity index is 1.20. The summed E-state index contributed by atoms with van der Waals surface area (Å²) in [7, 11) is 0. The minimum absolute atomic E-state index is 0.469. The molecule has 6 nitrogen and oxygen atoms in total. The van der Waals surface area contributed by atoms with Gasteiger partial charge in [-0.3, -0.25) is 0 Å². The van der Waals surface area contributed by atoms with Crippen LogP contribution in [0, 0.1) is 0 Å². The van der Waals surface area contributed by atoms with Crippen molar-refractivity contribution < 1.29 is 8.83 Å². The van der Waals surface area contributed by atoms with Crippen LogP contribution in [0.25, 0.3) is 101 Å². The molecule has 6 heteroatoms. The van der Waals surface area contributed by atoms with Crippen LogP contribution in [-0.2, 0) is 0 Å². The molecule has 0 aliphatic carbocycles. The highest BCUT2D eigenvalue weighted by Crippen LogP contribution is 2.41. The highest BCUT2D eigenvalue weighted by molar-refractivity contribution is 6.19. The van der Waals surface area contributed by atoms with Gasteiger partial charge in [0, 0.05) is 22.1 Å². The van der Waals surface area contributed by atoms with Crippen LogP contribution in [0.5, 0.6) is 0 Å². The van der Waals surface area contributed by atoms with E-state index in [-0.39, 0.29) is 0 Å². The topological polar surface area (TPSA) is 77.8 Å². The van der Waals surface area contributed by atoms with Gasteiger partial charge < -0.3 is 8.83 Å². The second-order valence-corrected chi connectivity index (χ2v) is 12.3. The number of hydrogen-bond acceptors (Lipinski definition) is 6. The van der Waals surface area contributed by atoms with Crippen LogP contribution >= 0.6 is 0 Å². The summed E-state index contributed by atoms with van der Waals surface area (Å²) in [4.78, 5) is 20.2. The van der Waals surface area contributed by atoms with E-state index in [9.17, 15) is 0 Å². The third kappa shape index (κ3) is 4.73. The monoisotopic (exact) mass is 642 g/mol. The van der Waals surface area contributed by atoms with E-state index in [4.69, 9.17) is 28.8 Å². The molecule has 50 heavy (non-hydrogen) atoms. The Kier molecular flexibility index (Phi) is 6.39. The summed E-state index contributed by atoms with van der Waals surface area (Å²) in [6.45, 7) is 0. The highest BCUT2D eigenvalue weighted by Gasteiger charge is 2.23. The average molecular weight is 643 g/mol. The summed E-state index contributed by atoms with van der Waals surface area (Å²) < 4.78 is 13.0. The largest absolute Gasteiger partial charge is 0.456 e. The number of oxazole rings is 1. The molecule has 3 aromatic heterocycles. The zero-order valence-corrected chi connectivity index (χ0v) is 26.6. The molecule has 0 N–H and O–H groups in total. The molecular formula is C44H26N4O2. The SMILES string of the molecule is c1ccc(-c2ccc3cc(-c4nc(-c5ccccc5)nc(-c5cc6oc7ccccc7c6c6nc(-c7ccccc7)oc56)n4)ccc3c2)cc1. The molecule has 0 atom stereocenters. The second-order valence-electron chi connectivity index (χ2n) is 12.3. The Hall–Kier alpha value is -6.92. The number of fused-ring (bicyclic) bond motifs is 6. The lowest BCUT2D eigenvalue weighted by Gasteiger charge is -2.10. The first-order valence-corrected chi connectivity index (χ1v) is 16.5. The van der Waals surface area contributed by atoms with Gasteiger partial charge in [0.05, 0.1) is 10.9 Å². The molecule has 234 valence electrons. The number of nitrogens with zero attached hydrogens (tertiary/aromatic N) is 4. The molecule has 10 aromatic rings. The van der Waals surface area contributed by atoms with Gasteiger partial charge in [-0.1, -0.05) is 121 Å². The van der Waals surface area contributed by atoms with Crippen molar-refractivity contribution in [3.63, 3.8) is 0 Å². The van der Waals surface area contributed by atoms with Gasteiger partial charge in [0.1, 0.15) is 16.7 Å². The molecule has 0 aliphatic heterocycles. The molecule has 0 spiro atoms. The Morgan fingerprint density at radius 1 is 0.380 bits per heavy atom. The molecule has 0 bridgehead atoms. The van der Waals surface area contributed by atoms with Crippen molar-refractivity contribution in [2.75, 3.05) is 0 Å². The van der Waals surface area contributed by atoms with Crippen LogP contribution < -0.4 is 0 Å². The average Bonchev–Trinajstić information content (AvgIpc) is 3.80. The van der Waals surface area contributed by atoms with Crippen LogP contribution in [0.2, 0.25) is 0 Å². The van der Waals surface area contributed by atoms with Gasteiger partial charge in [0.15, 0.2) is 23.1 Å². The Labute approximate surface area is 286 Å². The number of furan rings is 1. The fourth-order valence-electron chi connectivity index (χ4n) is 6.69. The summed E-state index contributed by atoms with van der Waals surface area (Å²) in [5.74, 6) is 2.10. The lowest BCUT2D eigenvalue weighted by molar-refractivity contribution is 0.620. The first-order chi connectivity index (χ1) is 24.7. The Morgan fingerprint density at radius 2 is 0.960 bits per heavy atom. The van der Waals surface area contributed by atoms with Crippen LogP contribution in [0.1, 0.15) is 0 Å². The molecule has 0 aliphatic rings. The lowest BCUT2D eigenvalue weighted by atomic mass is 10.00. The fraction of sp³-hybridized carbons (Fsp3) is 0. The third-order valence-electron chi connectivity index (χ3n) is 9.14. The zero-order valence-electron chi connectivity index (χ0n) is 26.6. The van der Waals surface area contributed by atoms with E-state index in [1.54, 1.807) is 0 Å². The predicted octanol–water partition coefficient (Wildman–Crippen LogP) is 11.4. The molecule has 3 heterocycles. The van der Waals surface area contributed by atoms with Crippen LogP contribution in [-0.4, -0.2) is 19.9 Å². The number of rotatable bonds is 5. The molecule has 0 saturated carbocycles. The van der Waals surface area contributed by atoms with E-state index in [0.29, 0.717) is 45.6 Å². The maximum Gasteiger partial charge on any atom is 0.227 e. The van der Waals surface area contributed by atoms with E-state index in [2.05, 4.69) is 60.7 Å². The number of aromatic nitrogens is 4. The summed E-state index contributed by atoms with van der Waals surface area (Å²) in [6, 6.07) is 53.1. The van der Waals surface area contributed by atoms with Gasteiger partial charge in [0.25, 0.3) is 0 Å². The first kappa shape index (κ1) is 28.1. The highest BCUT2D eigenvalue weighted by atomic mass is 16.4. The standard InChI is InChI=1S/C44H26N4O2/c1-4-12-27(13-5-1)30-20-21-32-25-33(23-22-31(32)24-30)42-46-41(28-14-6-2-7-15-28)47-43(48-42)35-26-37-38(34-18-10-11-19-36(34)49-37)39-40(35)50-44(45-39)29-16-8-3-9-17-29/h1-26H. The van der Waals surface area contributed by atoms with Gasteiger partial charge in [-0.15, -0.1) is 0 Å². The fourth-order valence-corrected chi connectivity index (χ4v) is 6.69. The van der Waals surface area contributed by atoms with Crippen molar-refractivity contribution in [2.24, 2.45) is 0 Å². The smallest absolute Gasteiger partial charge is 0.227 e. The number of para-hydroxylation sites is 1. The maximum absolute atomic E-state index is 6.61. The predicted molar refractivity (Wildman–Crippen MR) is 199 cm³/mol. The zero-order chi connectivity index (χ0) is 33.0. The van der Waals surface area contributed by atoms with Crippen molar-refractivity contribution in [2.45, 2.75) is 0 Å². The van der Waals surface area contributed by atoms with Gasteiger partial charge in [-0.25, -0.2) is 19.9 Å². The van der Waals surface area contributed by atoms with Crippen molar-refractivity contribution in [3.05, 3.63) is 158 Å². The molecule has 7 aromatic carbocycles. The van der Waals surface area contributed by atoms with E-state index in [0.717, 1.165) is 43.8 Å². The summed E-state index contributed by atoms with van der Waals surface area (Å²) in [5, 5.41) is 4.10. The van der Waals surface area contributed by atoms with Crippen LogP contribution in [0.3, 0.4) is 0 Å². The minimum Gasteiger partial charge on any atom is -0.456 e. The van der Waals surface area contributed by atoms with Crippen molar-refractivity contribution in [1.29, 1.82) is 0 Å². The molecule has 10 rings (SSSR count). The normalized spacial score (nSPS) is 11.6. The van der Waals surface area contributed by atoms with Crippen LogP contribution in [0.15, 0.2) is 167 Å². The van der Waals surface area contributed by atoms with E-state index >= 15 is 0 Å². The van der Waals surface area contributed by atoms with E-state index in [1.165, 1.54) is 11.1 Å². The van der Waals surface area contributed by atoms with Gasteiger partial charge in [0.2, 0.25) is 5.89 Å². The maximum atomic E-state index is 6.61. The molecule has 0 saturated heterocycles. The molecule has 0 unspecified atom stereocenters. The van der Waals surface area contributed by atoms with Crippen molar-refractivity contribution in [1.82, 2.24) is 19.9 Å². The van der Waals surface area contributed by atoms with E-state index < -0.39 is 0 Å². The lowest BCUT2D eigenvalue weighted by Crippen LogP contribution is -2.00. The first-order valence-electron chi connectivity index (χ1n) is 16.5. The molecule has 0 fully saturated rings. The van der Waals surface area contributed by atoms with Gasteiger partial charge in [-0.2, -0.15) is 0 Å². The molecular weight excluding hydrogens is 617 g/mol. The molecule has 0 radical (unpaired) electrons. The van der Waals surface area contributed by atoms with Crippen molar-refractivity contribution in [3.8, 4) is 56.7 Å². The van der Waals surface area contributed by atoms with Gasteiger partial charge in [-0.05, 0) is 58.3 Å². The third-order valence-corrected chi connectivity index (χ3v) is 9.14.